The van der Waals surface area contributed by atoms with E-state index in [2.05, 4.69) is 15.5 Å². The van der Waals surface area contributed by atoms with Gasteiger partial charge in [0.05, 0.1) is 23.8 Å². The van der Waals surface area contributed by atoms with Gasteiger partial charge >= 0.3 is 0 Å². The zero-order valence-corrected chi connectivity index (χ0v) is 20.7. The number of sulfonamides is 1. The van der Waals surface area contributed by atoms with E-state index in [1.807, 2.05) is 0 Å². The topological polar surface area (TPSA) is 119 Å². The van der Waals surface area contributed by atoms with Gasteiger partial charge in [-0.05, 0) is 25.0 Å². The molecule has 1 N–H and O–H groups in total. The summed E-state index contributed by atoms with van der Waals surface area (Å²) in [5.41, 5.74) is 0.238. The first-order valence-electron chi connectivity index (χ1n) is 10.5. The molecule has 13 heteroatoms. The molecule has 1 fully saturated rings. The van der Waals surface area contributed by atoms with Crippen molar-refractivity contribution in [2.45, 2.75) is 36.4 Å². The van der Waals surface area contributed by atoms with Crippen LogP contribution in [0.25, 0.3) is 0 Å². The van der Waals surface area contributed by atoms with E-state index in [1.54, 1.807) is 7.11 Å². The van der Waals surface area contributed by atoms with Gasteiger partial charge in [-0.3, -0.25) is 10.1 Å². The molecular formula is C21H27FN4O6S2. The lowest BCUT2D eigenvalue weighted by molar-refractivity contribution is -0.110. The number of carbonyl (C=O) groups is 1. The van der Waals surface area contributed by atoms with Crippen LogP contribution in [0.4, 0.5) is 9.52 Å². The van der Waals surface area contributed by atoms with Crippen LogP contribution in [-0.2, 0) is 29.1 Å². The van der Waals surface area contributed by atoms with Gasteiger partial charge in [0, 0.05) is 39.8 Å². The number of hydrogen-bond acceptors (Lipinski definition) is 9. The van der Waals surface area contributed by atoms with Crippen LogP contribution in [0.1, 0.15) is 24.8 Å². The number of oxime groups is 1. The minimum atomic E-state index is -3.74. The second-order valence-corrected chi connectivity index (χ2v) is 10.6. The molecule has 3 rings (SSSR count). The van der Waals surface area contributed by atoms with Gasteiger partial charge < -0.3 is 14.3 Å². The van der Waals surface area contributed by atoms with E-state index in [4.69, 9.17) is 14.3 Å². The summed E-state index contributed by atoms with van der Waals surface area (Å²) in [6.07, 6.45) is 3.02. The second-order valence-electron chi connectivity index (χ2n) is 7.61. The lowest BCUT2D eigenvalue weighted by Crippen LogP contribution is -2.30. The first-order valence-corrected chi connectivity index (χ1v) is 12.7. The lowest BCUT2D eigenvalue weighted by atomic mass is 10.1. The third kappa shape index (κ3) is 6.57. The summed E-state index contributed by atoms with van der Waals surface area (Å²) in [6.45, 7) is 0.447. The van der Waals surface area contributed by atoms with E-state index in [9.17, 15) is 17.6 Å². The molecule has 1 aliphatic carbocycles. The van der Waals surface area contributed by atoms with Gasteiger partial charge in [0.25, 0.3) is 5.91 Å². The third-order valence-corrected chi connectivity index (χ3v) is 7.89. The van der Waals surface area contributed by atoms with Crippen LogP contribution < -0.4 is 5.32 Å². The number of rotatable bonds is 11. The van der Waals surface area contributed by atoms with E-state index in [-0.39, 0.29) is 41.1 Å². The summed E-state index contributed by atoms with van der Waals surface area (Å²) in [5.74, 6) is -0.663. The molecule has 0 aliphatic heterocycles. The van der Waals surface area contributed by atoms with Crippen molar-refractivity contribution in [2.24, 2.45) is 5.16 Å². The van der Waals surface area contributed by atoms with Crippen molar-refractivity contribution in [3.8, 4) is 0 Å². The number of ether oxygens (including phenoxy) is 2. The number of aromatic nitrogens is 1. The summed E-state index contributed by atoms with van der Waals surface area (Å²) in [4.78, 5) is 22.4. The minimum Gasteiger partial charge on any atom is -0.392 e. The van der Waals surface area contributed by atoms with Crippen LogP contribution in [0, 0.1) is 5.13 Å². The highest BCUT2D eigenvalue weighted by atomic mass is 32.2. The van der Waals surface area contributed by atoms with Crippen molar-refractivity contribution in [3.63, 3.8) is 0 Å². The Morgan fingerprint density at radius 3 is 2.56 bits per heavy atom. The van der Waals surface area contributed by atoms with Gasteiger partial charge in [-0.25, -0.2) is 13.4 Å². The van der Waals surface area contributed by atoms with Gasteiger partial charge in [0.1, 0.15) is 6.10 Å². The molecule has 1 aromatic heterocycles. The fourth-order valence-electron chi connectivity index (χ4n) is 3.34. The molecule has 10 nitrogen and oxygen atoms in total. The van der Waals surface area contributed by atoms with Crippen molar-refractivity contribution < 1.29 is 31.9 Å². The van der Waals surface area contributed by atoms with Crippen molar-refractivity contribution in [3.05, 3.63) is 41.2 Å². The number of likely N-dealkylation sites (N-methyl/N-ethyl adjacent to an activating group) is 1. The predicted molar refractivity (Wildman–Crippen MR) is 125 cm³/mol. The number of benzene rings is 1. The van der Waals surface area contributed by atoms with Crippen molar-refractivity contribution in [1.82, 2.24) is 9.29 Å². The van der Waals surface area contributed by atoms with Gasteiger partial charge in [-0.2, -0.15) is 8.70 Å². The quantitative estimate of drug-likeness (QED) is 0.361. The summed E-state index contributed by atoms with van der Waals surface area (Å²) in [6, 6.07) is 5.70. The average molecular weight is 515 g/mol. The predicted octanol–water partition coefficient (Wildman–Crippen LogP) is 2.48. The summed E-state index contributed by atoms with van der Waals surface area (Å²) >= 11 is 0.674. The Kier molecular flexibility index (Phi) is 9.08. The molecule has 0 saturated heterocycles. The van der Waals surface area contributed by atoms with Gasteiger partial charge in [0.2, 0.25) is 10.0 Å². The zero-order valence-electron chi connectivity index (χ0n) is 19.1. The summed E-state index contributed by atoms with van der Waals surface area (Å²) < 4.78 is 50.2. The Morgan fingerprint density at radius 1 is 1.26 bits per heavy atom. The number of hydrogen-bond donors (Lipinski definition) is 1. The van der Waals surface area contributed by atoms with Crippen molar-refractivity contribution >= 4 is 38.1 Å². The van der Waals surface area contributed by atoms with Crippen LogP contribution in [0.2, 0.25) is 0 Å². The number of methoxy groups -OCH3 is 2. The molecule has 1 aromatic carbocycles. The average Bonchev–Trinajstić information content (AvgIpc) is 3.46. The maximum absolute atomic E-state index is 13.3. The van der Waals surface area contributed by atoms with Gasteiger partial charge in [0.15, 0.2) is 16.0 Å². The number of halogens is 1. The zero-order chi connectivity index (χ0) is 24.7. The smallest absolute Gasteiger partial charge is 0.280 e. The minimum absolute atomic E-state index is 0.0521. The Bertz CT molecular complexity index is 1110. The molecule has 1 aliphatic rings. The number of thiazole rings is 1. The number of amides is 1. The monoisotopic (exact) mass is 514 g/mol. The maximum Gasteiger partial charge on any atom is 0.280 e. The molecule has 1 amide bonds. The first kappa shape index (κ1) is 26.2. The molecule has 0 bridgehead atoms. The van der Waals surface area contributed by atoms with Gasteiger partial charge in [-0.1, -0.05) is 28.6 Å². The molecule has 1 saturated carbocycles. The number of nitrogens with one attached hydrogen (secondary N) is 1. The molecular weight excluding hydrogens is 487 g/mol. The van der Waals surface area contributed by atoms with E-state index in [1.165, 1.54) is 42.7 Å². The van der Waals surface area contributed by atoms with Crippen LogP contribution >= 0.6 is 11.3 Å². The van der Waals surface area contributed by atoms with Crippen molar-refractivity contribution in [2.75, 3.05) is 39.7 Å². The molecule has 186 valence electrons. The Hall–Kier alpha value is -2.45. The summed E-state index contributed by atoms with van der Waals surface area (Å²) in [5, 5.41) is 6.08. The van der Waals surface area contributed by atoms with E-state index in [0.29, 0.717) is 23.3 Å². The van der Waals surface area contributed by atoms with Crippen LogP contribution in [0.3, 0.4) is 0 Å². The Labute approximate surface area is 201 Å². The van der Waals surface area contributed by atoms with E-state index >= 15 is 0 Å². The largest absolute Gasteiger partial charge is 0.392 e. The summed E-state index contributed by atoms with van der Waals surface area (Å²) in [7, 11) is 0.840. The molecule has 0 spiro atoms. The third-order valence-electron chi connectivity index (χ3n) is 5.32. The van der Waals surface area contributed by atoms with Crippen LogP contribution in [0.5, 0.6) is 0 Å². The lowest BCUT2D eigenvalue weighted by Gasteiger charge is -2.17. The fourth-order valence-corrected chi connectivity index (χ4v) is 5.03. The van der Waals surface area contributed by atoms with Gasteiger partial charge in [-0.15, -0.1) is 0 Å². The first-order chi connectivity index (χ1) is 16.2. The standard InChI is InChI=1S/C21H27FN4O6S2/c1-26(10-11-30-2)34(28,29)17-8-4-14(5-9-17)19(20(27)24-21-23-13-18(22)33-21)25-32-16-7-6-15(12-16)31-3/h4-5,8-9,13,15-16H,6-7,10-12H2,1-3H3,(H,23,24,27)/b25-19+/t15-,16-/m1/s1. The number of carbonyl (C=O) groups excluding carboxylic acids is 1. The molecule has 2 atom stereocenters. The Balaban J connectivity index is 1.83. The van der Waals surface area contributed by atoms with Crippen molar-refractivity contribution in [1.29, 1.82) is 0 Å². The number of nitrogens with zero attached hydrogens (tertiary/aromatic N) is 3. The van der Waals surface area contributed by atoms with Crippen LogP contribution in [0.15, 0.2) is 40.5 Å². The number of anilines is 1. The highest BCUT2D eigenvalue weighted by molar-refractivity contribution is 7.89. The molecule has 2 aromatic rings. The maximum atomic E-state index is 13.3. The fraction of sp³-hybridized carbons (Fsp3) is 0.476. The SMILES string of the molecule is COCCN(C)S(=O)(=O)c1ccc(/C(=N\O[C@@H]2CC[C@@H](OC)C2)C(=O)Nc2ncc(F)s2)cc1. The Morgan fingerprint density at radius 2 is 1.97 bits per heavy atom. The molecule has 0 radical (unpaired) electrons. The molecule has 1 heterocycles. The normalized spacial score (nSPS) is 18.9. The highest BCUT2D eigenvalue weighted by Crippen LogP contribution is 2.25. The molecule has 0 unspecified atom stereocenters. The highest BCUT2D eigenvalue weighted by Gasteiger charge is 2.27. The van der Waals surface area contributed by atoms with E-state index < -0.39 is 21.1 Å². The van der Waals surface area contributed by atoms with Crippen LogP contribution in [-0.4, -0.2) is 76.0 Å². The van der Waals surface area contributed by atoms with E-state index in [0.717, 1.165) is 19.0 Å². The second kappa shape index (κ2) is 11.8. The molecule has 34 heavy (non-hydrogen) atoms.